The Morgan fingerprint density at radius 1 is 1.24 bits per heavy atom. The zero-order valence-electron chi connectivity index (χ0n) is 10.1. The number of hydrogen-bond donors (Lipinski definition) is 2. The third kappa shape index (κ3) is 5.42. The first-order valence-electron chi connectivity index (χ1n) is 6.10. The van der Waals surface area contributed by atoms with Crippen molar-refractivity contribution in [3.8, 4) is 0 Å². The summed E-state index contributed by atoms with van der Waals surface area (Å²) in [5.74, 6) is 0.187. The van der Waals surface area contributed by atoms with Gasteiger partial charge in [0.05, 0.1) is 6.04 Å². The molecule has 0 unspecified atom stereocenters. The van der Waals surface area contributed by atoms with E-state index in [0.717, 1.165) is 32.5 Å². The van der Waals surface area contributed by atoms with E-state index in [1.807, 2.05) is 0 Å². The van der Waals surface area contributed by atoms with Crippen LogP contribution in [-0.2, 0) is 4.79 Å². The van der Waals surface area contributed by atoms with Crippen LogP contribution in [0.3, 0.4) is 0 Å². The molecular weight excluding hydrogens is 261 g/mol. The van der Waals surface area contributed by atoms with Crippen molar-refractivity contribution in [2.45, 2.75) is 31.7 Å². The molecule has 2 rings (SSSR count). The Balaban J connectivity index is 0.00000128. The van der Waals surface area contributed by atoms with Gasteiger partial charge in [-0.25, -0.2) is 0 Å². The predicted molar refractivity (Wildman–Crippen MR) is 74.2 cm³/mol. The van der Waals surface area contributed by atoms with Crippen LogP contribution in [0.15, 0.2) is 0 Å². The molecular formula is C11H23Cl2N3O. The van der Waals surface area contributed by atoms with E-state index in [1.165, 1.54) is 25.9 Å². The highest BCUT2D eigenvalue weighted by Crippen LogP contribution is 2.06. The highest BCUT2D eigenvalue weighted by molar-refractivity contribution is 5.85. The Bertz CT molecular complexity index is 217. The number of hydrogen-bond acceptors (Lipinski definition) is 3. The smallest absolute Gasteiger partial charge is 0.237 e. The van der Waals surface area contributed by atoms with E-state index in [-0.39, 0.29) is 36.8 Å². The fraction of sp³-hybridized carbons (Fsp3) is 0.909. The number of halogens is 2. The van der Waals surface area contributed by atoms with Gasteiger partial charge in [0, 0.05) is 13.1 Å². The van der Waals surface area contributed by atoms with E-state index in [2.05, 4.69) is 15.5 Å². The standard InChI is InChI=1S/C11H21N3O.2ClH/c15-11(10-4-3-5-12-10)13-6-9-14-7-1-2-8-14;;/h10,12H,1-9H2,(H,13,15);2*1H/t10-;;/m0../s1. The van der Waals surface area contributed by atoms with Crippen LogP contribution in [0, 0.1) is 0 Å². The lowest BCUT2D eigenvalue weighted by molar-refractivity contribution is -0.122. The zero-order chi connectivity index (χ0) is 10.5. The highest BCUT2D eigenvalue weighted by Gasteiger charge is 2.21. The molecule has 0 saturated carbocycles. The van der Waals surface area contributed by atoms with E-state index < -0.39 is 0 Å². The molecule has 0 radical (unpaired) electrons. The fourth-order valence-corrected chi connectivity index (χ4v) is 2.37. The predicted octanol–water partition coefficient (Wildman–Crippen LogP) is 0.794. The van der Waals surface area contributed by atoms with Gasteiger partial charge < -0.3 is 15.5 Å². The van der Waals surface area contributed by atoms with Gasteiger partial charge in [-0.15, -0.1) is 24.8 Å². The van der Waals surface area contributed by atoms with Crippen molar-refractivity contribution in [3.05, 3.63) is 0 Å². The molecule has 4 nitrogen and oxygen atoms in total. The van der Waals surface area contributed by atoms with Crippen LogP contribution in [0.1, 0.15) is 25.7 Å². The van der Waals surface area contributed by atoms with Crippen molar-refractivity contribution in [2.75, 3.05) is 32.7 Å². The van der Waals surface area contributed by atoms with Crippen LogP contribution in [-0.4, -0.2) is 49.6 Å². The molecule has 2 heterocycles. The maximum absolute atomic E-state index is 11.6. The second-order valence-electron chi connectivity index (χ2n) is 4.49. The van der Waals surface area contributed by atoms with E-state index in [4.69, 9.17) is 0 Å². The van der Waals surface area contributed by atoms with Crippen molar-refractivity contribution in [2.24, 2.45) is 0 Å². The molecule has 0 aromatic carbocycles. The maximum atomic E-state index is 11.6. The lowest BCUT2D eigenvalue weighted by atomic mass is 10.2. The van der Waals surface area contributed by atoms with Gasteiger partial charge in [0.25, 0.3) is 0 Å². The molecule has 102 valence electrons. The number of likely N-dealkylation sites (tertiary alicyclic amines) is 1. The average Bonchev–Trinajstić information content (AvgIpc) is 2.90. The summed E-state index contributed by atoms with van der Waals surface area (Å²) in [6.45, 7) is 5.22. The number of nitrogens with one attached hydrogen (secondary N) is 2. The summed E-state index contributed by atoms with van der Waals surface area (Å²) in [5.41, 5.74) is 0. The second kappa shape index (κ2) is 8.97. The summed E-state index contributed by atoms with van der Waals surface area (Å²) >= 11 is 0. The average molecular weight is 284 g/mol. The first kappa shape index (κ1) is 17.0. The van der Waals surface area contributed by atoms with Gasteiger partial charge in [-0.05, 0) is 45.3 Å². The molecule has 0 aliphatic carbocycles. The molecule has 2 aliphatic rings. The van der Waals surface area contributed by atoms with Crippen LogP contribution in [0.25, 0.3) is 0 Å². The number of nitrogens with zero attached hydrogens (tertiary/aromatic N) is 1. The number of carbonyl (C=O) groups excluding carboxylic acids is 1. The Kier molecular flexibility index (Phi) is 8.96. The molecule has 2 fully saturated rings. The van der Waals surface area contributed by atoms with Gasteiger partial charge in [0.1, 0.15) is 0 Å². The lowest BCUT2D eigenvalue weighted by Gasteiger charge is -2.16. The number of rotatable bonds is 4. The summed E-state index contributed by atoms with van der Waals surface area (Å²) in [6, 6.07) is 0.0728. The van der Waals surface area contributed by atoms with E-state index >= 15 is 0 Å². The van der Waals surface area contributed by atoms with Crippen molar-refractivity contribution in [3.63, 3.8) is 0 Å². The summed E-state index contributed by atoms with van der Waals surface area (Å²) in [4.78, 5) is 14.0. The highest BCUT2D eigenvalue weighted by atomic mass is 35.5. The summed E-state index contributed by atoms with van der Waals surface area (Å²) in [5, 5.41) is 6.22. The molecule has 0 aromatic rings. The molecule has 2 N–H and O–H groups in total. The van der Waals surface area contributed by atoms with Crippen LogP contribution in [0.5, 0.6) is 0 Å². The minimum absolute atomic E-state index is 0. The van der Waals surface area contributed by atoms with E-state index in [0.29, 0.717) is 0 Å². The molecule has 2 aliphatic heterocycles. The summed E-state index contributed by atoms with van der Waals surface area (Å²) in [6.07, 6.45) is 4.76. The van der Waals surface area contributed by atoms with Crippen molar-refractivity contribution in [1.29, 1.82) is 0 Å². The fourth-order valence-electron chi connectivity index (χ4n) is 2.37. The minimum Gasteiger partial charge on any atom is -0.353 e. The Morgan fingerprint density at radius 3 is 2.53 bits per heavy atom. The summed E-state index contributed by atoms with van der Waals surface area (Å²) in [7, 11) is 0. The Hall–Kier alpha value is -0.0300. The van der Waals surface area contributed by atoms with Crippen LogP contribution >= 0.6 is 24.8 Å². The molecule has 1 atom stereocenters. The zero-order valence-corrected chi connectivity index (χ0v) is 11.7. The molecule has 0 spiro atoms. The quantitative estimate of drug-likeness (QED) is 0.802. The van der Waals surface area contributed by atoms with Gasteiger partial charge in [-0.2, -0.15) is 0 Å². The number of amides is 1. The first-order valence-corrected chi connectivity index (χ1v) is 6.10. The third-order valence-electron chi connectivity index (χ3n) is 3.30. The van der Waals surface area contributed by atoms with Gasteiger partial charge in [0.15, 0.2) is 0 Å². The van der Waals surface area contributed by atoms with Gasteiger partial charge in [0.2, 0.25) is 5.91 Å². The monoisotopic (exact) mass is 283 g/mol. The molecule has 1 amide bonds. The van der Waals surface area contributed by atoms with Crippen LogP contribution in [0.4, 0.5) is 0 Å². The van der Waals surface area contributed by atoms with E-state index in [1.54, 1.807) is 0 Å². The normalized spacial score (nSPS) is 23.9. The minimum atomic E-state index is 0. The second-order valence-corrected chi connectivity index (χ2v) is 4.49. The largest absolute Gasteiger partial charge is 0.353 e. The molecule has 0 aromatic heterocycles. The molecule has 6 heteroatoms. The van der Waals surface area contributed by atoms with Crippen LogP contribution < -0.4 is 10.6 Å². The van der Waals surface area contributed by atoms with E-state index in [9.17, 15) is 4.79 Å². The molecule has 2 saturated heterocycles. The van der Waals surface area contributed by atoms with Gasteiger partial charge in [-0.3, -0.25) is 4.79 Å². The topological polar surface area (TPSA) is 44.4 Å². The lowest BCUT2D eigenvalue weighted by Crippen LogP contribution is -2.43. The van der Waals surface area contributed by atoms with Gasteiger partial charge in [-0.1, -0.05) is 0 Å². The molecule has 0 bridgehead atoms. The SMILES string of the molecule is Cl.Cl.O=C(NCCN1CCCC1)[C@@H]1CCCN1. The van der Waals surface area contributed by atoms with Crippen molar-refractivity contribution in [1.82, 2.24) is 15.5 Å². The van der Waals surface area contributed by atoms with Crippen molar-refractivity contribution < 1.29 is 4.79 Å². The van der Waals surface area contributed by atoms with Crippen LogP contribution in [0.2, 0.25) is 0 Å². The number of carbonyl (C=O) groups is 1. The Labute approximate surface area is 116 Å². The van der Waals surface area contributed by atoms with Crippen molar-refractivity contribution >= 4 is 30.7 Å². The maximum Gasteiger partial charge on any atom is 0.237 e. The molecule has 17 heavy (non-hydrogen) atoms. The first-order chi connectivity index (χ1) is 7.36. The third-order valence-corrected chi connectivity index (χ3v) is 3.30. The summed E-state index contributed by atoms with van der Waals surface area (Å²) < 4.78 is 0. The Morgan fingerprint density at radius 2 is 1.94 bits per heavy atom. The van der Waals surface area contributed by atoms with Gasteiger partial charge >= 0.3 is 0 Å².